The molecule has 1 nitrogen and oxygen atoms in total. The van der Waals surface area contributed by atoms with Crippen LogP contribution in [0.4, 0.5) is 4.39 Å². The maximum atomic E-state index is 13.5. The van der Waals surface area contributed by atoms with Crippen molar-refractivity contribution in [3.05, 3.63) is 30.1 Å². The number of thioether (sulfide) groups is 1. The molecule has 90 valence electrons. The lowest BCUT2D eigenvalue weighted by molar-refractivity contribution is 0.207. The second-order valence-corrected chi connectivity index (χ2v) is 6.48. The van der Waals surface area contributed by atoms with E-state index in [1.807, 2.05) is 6.07 Å². The van der Waals surface area contributed by atoms with Gasteiger partial charge in [0.2, 0.25) is 0 Å². The first-order valence-electron chi connectivity index (χ1n) is 5.91. The summed E-state index contributed by atoms with van der Waals surface area (Å²) >= 11 is 1.39. The predicted octanol–water partition coefficient (Wildman–Crippen LogP) is 4.25. The van der Waals surface area contributed by atoms with Crippen molar-refractivity contribution in [1.82, 2.24) is 0 Å². The van der Waals surface area contributed by atoms with E-state index in [4.69, 9.17) is 0 Å². The van der Waals surface area contributed by atoms with E-state index in [1.54, 1.807) is 12.1 Å². The Kier molecular flexibility index (Phi) is 3.44. The van der Waals surface area contributed by atoms with Crippen LogP contribution < -0.4 is 0 Å². The summed E-state index contributed by atoms with van der Waals surface area (Å²) in [6.07, 6.45) is 1.75. The Balaban J connectivity index is 2.09. The first kappa shape index (κ1) is 12.4. The smallest absolute Gasteiger partial charge is 0.136 e. The van der Waals surface area contributed by atoms with Gasteiger partial charge in [0.15, 0.2) is 0 Å². The van der Waals surface area contributed by atoms with Gasteiger partial charge in [-0.1, -0.05) is 26.0 Å². The normalized spacial score (nSPS) is 27.6. The fraction of sp³-hybridized carbons (Fsp3) is 0.500. The standard InChI is InChI=1S/C14H16FNS/c1-10(2)11-7-14(8-11,9-16)17-13-6-4-3-5-12(13)15/h3-6,10-11H,7-8H2,1-2H3. The van der Waals surface area contributed by atoms with Crippen LogP contribution in [-0.2, 0) is 0 Å². The highest BCUT2D eigenvalue weighted by atomic mass is 32.2. The summed E-state index contributed by atoms with van der Waals surface area (Å²) in [4.78, 5) is 0.594. The lowest BCUT2D eigenvalue weighted by Crippen LogP contribution is -2.41. The molecule has 1 fully saturated rings. The van der Waals surface area contributed by atoms with Gasteiger partial charge >= 0.3 is 0 Å². The van der Waals surface area contributed by atoms with Crippen molar-refractivity contribution < 1.29 is 4.39 Å². The summed E-state index contributed by atoms with van der Waals surface area (Å²) in [5, 5.41) is 9.30. The molecule has 1 saturated carbocycles. The zero-order chi connectivity index (χ0) is 12.5. The summed E-state index contributed by atoms with van der Waals surface area (Å²) in [5.74, 6) is 0.992. The summed E-state index contributed by atoms with van der Waals surface area (Å²) in [7, 11) is 0. The highest BCUT2D eigenvalue weighted by Crippen LogP contribution is 2.53. The van der Waals surface area contributed by atoms with Gasteiger partial charge in [-0.15, -0.1) is 11.8 Å². The van der Waals surface area contributed by atoms with E-state index in [0.717, 1.165) is 12.8 Å². The lowest BCUT2D eigenvalue weighted by atomic mass is 9.69. The van der Waals surface area contributed by atoms with Gasteiger partial charge in [-0.3, -0.25) is 0 Å². The van der Waals surface area contributed by atoms with Crippen molar-refractivity contribution in [2.75, 3.05) is 0 Å². The number of hydrogen-bond acceptors (Lipinski definition) is 2. The molecule has 0 heterocycles. The third-order valence-electron chi connectivity index (χ3n) is 3.47. The lowest BCUT2D eigenvalue weighted by Gasteiger charge is -2.44. The molecule has 1 aromatic rings. The van der Waals surface area contributed by atoms with E-state index in [1.165, 1.54) is 17.8 Å². The molecule has 1 aliphatic carbocycles. The molecular weight excluding hydrogens is 233 g/mol. The molecule has 0 radical (unpaired) electrons. The van der Waals surface area contributed by atoms with Crippen LogP contribution in [0.25, 0.3) is 0 Å². The molecule has 0 aliphatic heterocycles. The van der Waals surface area contributed by atoms with Crippen LogP contribution in [0, 0.1) is 29.0 Å². The number of hydrogen-bond donors (Lipinski definition) is 0. The molecule has 17 heavy (non-hydrogen) atoms. The fourth-order valence-corrected chi connectivity index (χ4v) is 3.57. The zero-order valence-electron chi connectivity index (χ0n) is 10.1. The van der Waals surface area contributed by atoms with Gasteiger partial charge in [0, 0.05) is 4.90 Å². The molecule has 0 spiro atoms. The number of halogens is 1. The van der Waals surface area contributed by atoms with Crippen LogP contribution in [0.15, 0.2) is 29.2 Å². The van der Waals surface area contributed by atoms with Crippen LogP contribution in [0.3, 0.4) is 0 Å². The quantitative estimate of drug-likeness (QED) is 0.799. The molecule has 0 N–H and O–H groups in total. The van der Waals surface area contributed by atoms with Gasteiger partial charge in [0.1, 0.15) is 10.6 Å². The molecular formula is C14H16FNS. The molecule has 0 unspecified atom stereocenters. The summed E-state index contributed by atoms with van der Waals surface area (Å²) < 4.78 is 13.1. The van der Waals surface area contributed by atoms with E-state index in [9.17, 15) is 9.65 Å². The van der Waals surface area contributed by atoms with E-state index >= 15 is 0 Å². The van der Waals surface area contributed by atoms with Gasteiger partial charge in [0.25, 0.3) is 0 Å². The maximum Gasteiger partial charge on any atom is 0.136 e. The van der Waals surface area contributed by atoms with Crippen molar-refractivity contribution in [3.63, 3.8) is 0 Å². The van der Waals surface area contributed by atoms with Gasteiger partial charge in [-0.25, -0.2) is 4.39 Å². The number of nitrogens with zero attached hydrogens (tertiary/aromatic N) is 1. The average Bonchev–Trinajstić information content (AvgIpc) is 2.25. The summed E-state index contributed by atoms with van der Waals surface area (Å²) in [6.45, 7) is 4.36. The minimum absolute atomic E-state index is 0.222. The summed E-state index contributed by atoms with van der Waals surface area (Å²) in [5.41, 5.74) is 0. The minimum atomic E-state index is -0.406. The van der Waals surface area contributed by atoms with Crippen molar-refractivity contribution in [3.8, 4) is 6.07 Å². The Morgan fingerprint density at radius 2 is 2.06 bits per heavy atom. The second-order valence-electron chi connectivity index (χ2n) is 5.05. The topological polar surface area (TPSA) is 23.8 Å². The van der Waals surface area contributed by atoms with Crippen molar-refractivity contribution >= 4 is 11.8 Å². The minimum Gasteiger partial charge on any atom is -0.206 e. The second kappa shape index (κ2) is 4.70. The van der Waals surface area contributed by atoms with Crippen molar-refractivity contribution in [2.24, 2.45) is 11.8 Å². The number of benzene rings is 1. The van der Waals surface area contributed by atoms with Gasteiger partial charge in [-0.2, -0.15) is 5.26 Å². The molecule has 0 atom stereocenters. The van der Waals surface area contributed by atoms with Gasteiger partial charge < -0.3 is 0 Å². The third kappa shape index (κ3) is 2.47. The van der Waals surface area contributed by atoms with E-state index in [0.29, 0.717) is 16.7 Å². The van der Waals surface area contributed by atoms with Crippen LogP contribution >= 0.6 is 11.8 Å². The zero-order valence-corrected chi connectivity index (χ0v) is 10.9. The van der Waals surface area contributed by atoms with Crippen LogP contribution in [0.2, 0.25) is 0 Å². The average molecular weight is 249 g/mol. The van der Waals surface area contributed by atoms with E-state index in [2.05, 4.69) is 19.9 Å². The molecule has 0 amide bonds. The Morgan fingerprint density at radius 1 is 1.41 bits per heavy atom. The van der Waals surface area contributed by atoms with Gasteiger partial charge in [-0.05, 0) is 36.8 Å². The first-order chi connectivity index (χ1) is 8.06. The summed E-state index contributed by atoms with van der Waals surface area (Å²) in [6, 6.07) is 9.07. The Morgan fingerprint density at radius 3 is 2.59 bits per heavy atom. The van der Waals surface area contributed by atoms with E-state index in [-0.39, 0.29) is 5.82 Å². The van der Waals surface area contributed by atoms with Gasteiger partial charge in [0.05, 0.1) is 6.07 Å². The Labute approximate surface area is 106 Å². The first-order valence-corrected chi connectivity index (χ1v) is 6.73. The van der Waals surface area contributed by atoms with Crippen LogP contribution in [-0.4, -0.2) is 4.75 Å². The fourth-order valence-electron chi connectivity index (χ4n) is 2.19. The van der Waals surface area contributed by atoms with Crippen molar-refractivity contribution in [2.45, 2.75) is 36.3 Å². The molecule has 1 aromatic carbocycles. The molecule has 3 heteroatoms. The number of nitriles is 1. The Bertz CT molecular complexity index is 444. The van der Waals surface area contributed by atoms with Crippen LogP contribution in [0.1, 0.15) is 26.7 Å². The number of rotatable bonds is 3. The molecule has 0 bridgehead atoms. The van der Waals surface area contributed by atoms with Crippen LogP contribution in [0.5, 0.6) is 0 Å². The Hall–Kier alpha value is -1.01. The largest absolute Gasteiger partial charge is 0.206 e. The third-order valence-corrected chi connectivity index (χ3v) is 4.84. The van der Waals surface area contributed by atoms with E-state index < -0.39 is 4.75 Å². The SMILES string of the molecule is CC(C)C1CC(C#N)(Sc2ccccc2F)C1. The molecule has 0 aromatic heterocycles. The molecule has 2 rings (SSSR count). The van der Waals surface area contributed by atoms with Crippen molar-refractivity contribution in [1.29, 1.82) is 5.26 Å². The predicted molar refractivity (Wildman–Crippen MR) is 68.2 cm³/mol. The highest BCUT2D eigenvalue weighted by Gasteiger charge is 2.46. The maximum absolute atomic E-state index is 13.5. The monoisotopic (exact) mass is 249 g/mol. The molecule has 1 aliphatic rings. The molecule has 0 saturated heterocycles. The highest BCUT2D eigenvalue weighted by molar-refractivity contribution is 8.01.